The third kappa shape index (κ3) is 9.99. The first kappa shape index (κ1) is 45.3. The molecule has 314 valence electrons. The predicted octanol–water partition coefficient (Wildman–Crippen LogP) is 4.49. The van der Waals surface area contributed by atoms with Gasteiger partial charge < -0.3 is 38.6 Å². The second-order valence-corrected chi connectivity index (χ2v) is 16.0. The van der Waals surface area contributed by atoms with Gasteiger partial charge >= 0.3 is 35.8 Å². The van der Waals surface area contributed by atoms with Crippen molar-refractivity contribution < 1.29 is 67.4 Å². The van der Waals surface area contributed by atoms with E-state index in [1.54, 1.807) is 51.1 Å². The molecule has 1 aromatic heterocycles. The molecule has 0 unspecified atom stereocenters. The molecule has 15 nitrogen and oxygen atoms in total. The highest BCUT2D eigenvalue weighted by molar-refractivity contribution is 5.90. The van der Waals surface area contributed by atoms with E-state index in [2.05, 4.69) is 11.6 Å². The summed E-state index contributed by atoms with van der Waals surface area (Å²) in [5.41, 5.74) is -5.84. The number of benzene rings is 1. The molecule has 2 aliphatic carbocycles. The number of fused-ring (bicyclic) bond motifs is 1. The molecule has 15 heteroatoms. The van der Waals surface area contributed by atoms with Crippen LogP contribution in [-0.2, 0) is 47.6 Å². The van der Waals surface area contributed by atoms with Crippen molar-refractivity contribution in [3.63, 3.8) is 0 Å². The zero-order valence-corrected chi connectivity index (χ0v) is 34.2. The number of carbonyl (C=O) groups is 6. The van der Waals surface area contributed by atoms with Crippen LogP contribution in [0.1, 0.15) is 89.5 Å². The van der Waals surface area contributed by atoms with E-state index in [0.717, 1.165) is 20.8 Å². The quantitative estimate of drug-likeness (QED) is 0.203. The van der Waals surface area contributed by atoms with E-state index in [1.165, 1.54) is 57.4 Å². The minimum Gasteiger partial charge on any atom is -0.459 e. The van der Waals surface area contributed by atoms with Crippen LogP contribution in [-0.4, -0.2) is 98.8 Å². The van der Waals surface area contributed by atoms with Crippen LogP contribution in [0.15, 0.2) is 79.2 Å². The Bertz CT molecular complexity index is 1890. The van der Waals surface area contributed by atoms with Gasteiger partial charge in [0.1, 0.15) is 35.6 Å². The van der Waals surface area contributed by atoms with Crippen LogP contribution < -0.4 is 0 Å². The zero-order valence-electron chi connectivity index (χ0n) is 34.2. The fourth-order valence-electron chi connectivity index (χ4n) is 7.78. The van der Waals surface area contributed by atoms with Gasteiger partial charge in [0, 0.05) is 56.5 Å². The van der Waals surface area contributed by atoms with Gasteiger partial charge in [0.2, 0.25) is 0 Å². The van der Waals surface area contributed by atoms with Gasteiger partial charge in [0.05, 0.1) is 23.0 Å². The van der Waals surface area contributed by atoms with Crippen LogP contribution in [0.25, 0.3) is 0 Å². The van der Waals surface area contributed by atoms with Crippen molar-refractivity contribution in [2.45, 2.75) is 117 Å². The second kappa shape index (κ2) is 18.0. The molecule has 10 atom stereocenters. The average Bonchev–Trinajstić information content (AvgIpc) is 3.36. The van der Waals surface area contributed by atoms with Crippen LogP contribution in [0.4, 0.5) is 0 Å². The molecule has 2 N–H and O–H groups in total. The summed E-state index contributed by atoms with van der Waals surface area (Å²) in [5, 5.41) is 25.7. The lowest BCUT2D eigenvalue weighted by Gasteiger charge is -2.45. The lowest BCUT2D eigenvalue weighted by Crippen LogP contribution is -2.59. The summed E-state index contributed by atoms with van der Waals surface area (Å²) in [6, 6.07) is 10.8. The van der Waals surface area contributed by atoms with Crippen molar-refractivity contribution in [3.05, 3.63) is 90.3 Å². The molecule has 4 rings (SSSR count). The van der Waals surface area contributed by atoms with Gasteiger partial charge in [0.25, 0.3) is 0 Å². The average molecular weight is 808 g/mol. The fourth-order valence-corrected chi connectivity index (χ4v) is 7.78. The summed E-state index contributed by atoms with van der Waals surface area (Å²) >= 11 is 0. The third-order valence-corrected chi connectivity index (χ3v) is 10.4. The molecule has 0 amide bonds. The van der Waals surface area contributed by atoms with E-state index in [9.17, 15) is 39.0 Å². The van der Waals surface area contributed by atoms with E-state index < -0.39 is 113 Å². The van der Waals surface area contributed by atoms with Crippen LogP contribution >= 0.6 is 0 Å². The standard InChI is InChI=1S/C43H53NO14/c1-23(2)38(49)55-34-25(4)33(53-26(5)45)31-36(56-39(50)29-15-12-11-13-16-29)42(10,58-28(7)47)22-43(31,52)35(54-27(6)46)24(3)18-19-41(8,9)37(32(34)48)57-40(51)30-17-14-20-44-21-30/h11-21,23-24,31-37,48,52H,4,22H2,1-3,5-10H3/b19-18+/t24-,31-,32+,33-,34+,35-,36+,37+,42+,43+/m0/s1. The van der Waals surface area contributed by atoms with Crippen LogP contribution in [0, 0.1) is 23.2 Å². The largest absolute Gasteiger partial charge is 0.459 e. The maximum Gasteiger partial charge on any atom is 0.340 e. The normalized spacial score (nSPS) is 31.3. The molecule has 0 aliphatic heterocycles. The predicted molar refractivity (Wildman–Crippen MR) is 205 cm³/mol. The molecule has 1 fully saturated rings. The van der Waals surface area contributed by atoms with Crippen LogP contribution in [0.3, 0.4) is 0 Å². The number of carbonyl (C=O) groups excluding carboxylic acids is 6. The number of aliphatic hydroxyl groups is 2. The number of pyridine rings is 1. The van der Waals surface area contributed by atoms with Crippen molar-refractivity contribution in [2.24, 2.45) is 23.2 Å². The molecule has 0 spiro atoms. The highest BCUT2D eigenvalue weighted by Crippen LogP contribution is 2.54. The van der Waals surface area contributed by atoms with Gasteiger partial charge in [-0.25, -0.2) is 9.59 Å². The molecule has 58 heavy (non-hydrogen) atoms. The number of aliphatic hydroxyl groups excluding tert-OH is 1. The maximum atomic E-state index is 13.9. The van der Waals surface area contributed by atoms with Crippen molar-refractivity contribution in [2.75, 3.05) is 0 Å². The lowest BCUT2D eigenvalue weighted by atomic mass is 9.71. The molecule has 0 bridgehead atoms. The van der Waals surface area contributed by atoms with Gasteiger partial charge in [-0.1, -0.05) is 71.5 Å². The Morgan fingerprint density at radius 3 is 1.91 bits per heavy atom. The number of nitrogens with zero attached hydrogens (tertiary/aromatic N) is 1. The van der Waals surface area contributed by atoms with Crippen molar-refractivity contribution >= 4 is 35.8 Å². The number of esters is 6. The van der Waals surface area contributed by atoms with Crippen molar-refractivity contribution in [1.29, 1.82) is 0 Å². The molecule has 0 saturated heterocycles. The summed E-state index contributed by atoms with van der Waals surface area (Å²) in [5.74, 6) is -8.66. The highest BCUT2D eigenvalue weighted by Gasteiger charge is 2.70. The summed E-state index contributed by atoms with van der Waals surface area (Å²) in [7, 11) is 0. The van der Waals surface area contributed by atoms with E-state index in [4.69, 9.17) is 28.4 Å². The molecule has 1 heterocycles. The fraction of sp³-hybridized carbons (Fsp3) is 0.512. The molecular weight excluding hydrogens is 754 g/mol. The molecule has 0 radical (unpaired) electrons. The van der Waals surface area contributed by atoms with Crippen molar-refractivity contribution in [1.82, 2.24) is 4.98 Å². The minimum absolute atomic E-state index is 0.0417. The van der Waals surface area contributed by atoms with Crippen LogP contribution in [0.2, 0.25) is 0 Å². The van der Waals surface area contributed by atoms with E-state index >= 15 is 0 Å². The van der Waals surface area contributed by atoms with E-state index in [1.807, 2.05) is 0 Å². The third-order valence-electron chi connectivity index (χ3n) is 10.4. The summed E-state index contributed by atoms with van der Waals surface area (Å²) < 4.78 is 35.8. The van der Waals surface area contributed by atoms with Gasteiger partial charge in [-0.2, -0.15) is 0 Å². The van der Waals surface area contributed by atoms with Gasteiger partial charge in [0.15, 0.2) is 12.2 Å². The van der Waals surface area contributed by atoms with Crippen molar-refractivity contribution in [3.8, 4) is 0 Å². The summed E-state index contributed by atoms with van der Waals surface area (Å²) in [6.45, 7) is 16.8. The molecule has 2 aromatic rings. The lowest BCUT2D eigenvalue weighted by molar-refractivity contribution is -0.193. The number of aromatic nitrogens is 1. The Morgan fingerprint density at radius 1 is 0.776 bits per heavy atom. The second-order valence-electron chi connectivity index (χ2n) is 16.0. The number of hydrogen-bond donors (Lipinski definition) is 2. The Kier molecular flexibility index (Phi) is 14.1. The minimum atomic E-state index is -2.39. The van der Waals surface area contributed by atoms with Crippen LogP contribution in [0.5, 0.6) is 0 Å². The molecular formula is C43H53NO14. The molecule has 1 aromatic carbocycles. The Balaban J connectivity index is 2.08. The highest BCUT2D eigenvalue weighted by atomic mass is 16.6. The Hall–Kier alpha value is -5.41. The number of hydrogen-bond acceptors (Lipinski definition) is 15. The first-order chi connectivity index (χ1) is 27.0. The van der Waals surface area contributed by atoms with E-state index in [0.29, 0.717) is 0 Å². The van der Waals surface area contributed by atoms with Gasteiger partial charge in [-0.05, 0) is 31.2 Å². The number of rotatable bonds is 9. The van der Waals surface area contributed by atoms with E-state index in [-0.39, 0.29) is 16.7 Å². The van der Waals surface area contributed by atoms with Gasteiger partial charge in [-0.15, -0.1) is 0 Å². The van der Waals surface area contributed by atoms with Gasteiger partial charge in [-0.3, -0.25) is 24.2 Å². The monoisotopic (exact) mass is 807 g/mol. The molecule has 2 aliphatic rings. The Labute approximate surface area is 337 Å². The maximum absolute atomic E-state index is 13.9. The topological polar surface area (TPSA) is 211 Å². The first-order valence-electron chi connectivity index (χ1n) is 18.9. The number of ether oxygens (including phenoxy) is 6. The Morgan fingerprint density at radius 2 is 1.36 bits per heavy atom. The first-order valence-corrected chi connectivity index (χ1v) is 18.9. The zero-order chi connectivity index (χ0) is 43.3. The summed E-state index contributed by atoms with van der Waals surface area (Å²) in [4.78, 5) is 83.8. The molecule has 1 saturated carbocycles. The summed E-state index contributed by atoms with van der Waals surface area (Å²) in [6.07, 6.45) is -5.08. The smallest absolute Gasteiger partial charge is 0.340 e. The SMILES string of the molecule is C=C1[C@@H](OC(=O)C(C)C)[C@@H](O)[C@@H](OC(=O)c2cccnc2)C(C)(C)/C=C/[C@H](C)[C@H](OC(C)=O)[C@@]2(O)C[C@@](C)(OC(C)=O)[C@H](OC(=O)c3ccccc3)[C@@H]2[C@H]1OC(C)=O.